The van der Waals surface area contributed by atoms with Crippen molar-refractivity contribution in [3.8, 4) is 0 Å². The SMILES string of the molecule is CC(=O)OC[C@@H]1C(OC(C)=O)[C@H](OC(C)=O)[C@@H](OC(C)=O)[C@H](c2ccc(Cl)c(Cc3ccc(C(C)=O)cc3)c2)[C@H]1OC(C)=O. The molecule has 0 heterocycles. The van der Waals surface area contributed by atoms with Crippen LogP contribution in [0.2, 0.25) is 5.02 Å². The van der Waals surface area contributed by atoms with Gasteiger partial charge < -0.3 is 23.7 Å². The van der Waals surface area contributed by atoms with E-state index in [4.69, 9.17) is 35.3 Å². The number of ether oxygens (including phenoxy) is 5. The van der Waals surface area contributed by atoms with Gasteiger partial charge in [-0.3, -0.25) is 28.8 Å². The van der Waals surface area contributed by atoms with Gasteiger partial charge in [-0.1, -0.05) is 48.0 Å². The Labute approximate surface area is 260 Å². The van der Waals surface area contributed by atoms with Crippen LogP contribution in [0.4, 0.5) is 0 Å². The van der Waals surface area contributed by atoms with Gasteiger partial charge in [-0.2, -0.15) is 0 Å². The molecule has 0 aromatic heterocycles. The fourth-order valence-electron chi connectivity index (χ4n) is 5.43. The highest BCUT2D eigenvalue weighted by Gasteiger charge is 2.58. The van der Waals surface area contributed by atoms with Crippen LogP contribution >= 0.6 is 11.6 Å². The highest BCUT2D eigenvalue weighted by molar-refractivity contribution is 6.31. The largest absolute Gasteiger partial charge is 0.465 e. The average molecular weight is 631 g/mol. The molecule has 11 nitrogen and oxygen atoms in total. The van der Waals surface area contributed by atoms with Crippen LogP contribution in [-0.2, 0) is 54.1 Å². The summed E-state index contributed by atoms with van der Waals surface area (Å²) >= 11 is 6.59. The number of carbonyl (C=O) groups excluding carboxylic acids is 6. The van der Waals surface area contributed by atoms with Crippen molar-refractivity contribution in [3.05, 3.63) is 69.7 Å². The second kappa shape index (κ2) is 15.0. The maximum atomic E-state index is 12.5. The molecule has 1 fully saturated rings. The van der Waals surface area contributed by atoms with Crippen molar-refractivity contribution in [3.63, 3.8) is 0 Å². The summed E-state index contributed by atoms with van der Waals surface area (Å²) in [4.78, 5) is 73.0. The van der Waals surface area contributed by atoms with Crippen molar-refractivity contribution in [2.24, 2.45) is 5.92 Å². The van der Waals surface area contributed by atoms with E-state index in [0.29, 0.717) is 28.1 Å². The minimum absolute atomic E-state index is 0.0698. The fourth-order valence-corrected chi connectivity index (χ4v) is 5.61. The van der Waals surface area contributed by atoms with Crippen LogP contribution in [0.25, 0.3) is 0 Å². The molecule has 6 atom stereocenters. The van der Waals surface area contributed by atoms with Crippen molar-refractivity contribution < 1.29 is 52.5 Å². The Bertz CT molecular complexity index is 1420. The summed E-state index contributed by atoms with van der Waals surface area (Å²) in [5.74, 6) is -5.71. The van der Waals surface area contributed by atoms with E-state index >= 15 is 0 Å². The number of Topliss-reactive ketones (excluding diaryl/α,β-unsaturated/α-hetero) is 1. The normalized spacial score (nSPS) is 22.7. The Hall–Kier alpha value is -4.25. The maximum Gasteiger partial charge on any atom is 0.303 e. The van der Waals surface area contributed by atoms with Crippen LogP contribution in [0.1, 0.15) is 74.5 Å². The van der Waals surface area contributed by atoms with Crippen molar-refractivity contribution in [1.82, 2.24) is 0 Å². The number of hydrogen-bond acceptors (Lipinski definition) is 11. The number of carbonyl (C=O) groups is 6. The molecule has 1 aliphatic rings. The van der Waals surface area contributed by atoms with E-state index in [1.807, 2.05) is 0 Å². The average Bonchev–Trinajstić information content (AvgIpc) is 2.91. The smallest absolute Gasteiger partial charge is 0.303 e. The molecule has 0 N–H and O–H groups in total. The molecule has 2 aromatic carbocycles. The zero-order chi connectivity index (χ0) is 32.7. The summed E-state index contributed by atoms with van der Waals surface area (Å²) in [5, 5.41) is 0.416. The highest BCUT2D eigenvalue weighted by atomic mass is 35.5. The van der Waals surface area contributed by atoms with E-state index in [1.165, 1.54) is 20.8 Å². The van der Waals surface area contributed by atoms with Gasteiger partial charge >= 0.3 is 29.8 Å². The first-order valence-corrected chi connectivity index (χ1v) is 14.3. The van der Waals surface area contributed by atoms with Gasteiger partial charge in [0.2, 0.25) is 0 Å². The summed E-state index contributed by atoms with van der Waals surface area (Å²) in [6.07, 6.45) is -4.82. The Kier molecular flexibility index (Phi) is 11.6. The molecule has 0 bridgehead atoms. The van der Waals surface area contributed by atoms with Gasteiger partial charge in [0, 0.05) is 45.2 Å². The zero-order valence-electron chi connectivity index (χ0n) is 25.3. The van der Waals surface area contributed by atoms with Crippen LogP contribution in [0.3, 0.4) is 0 Å². The minimum Gasteiger partial charge on any atom is -0.465 e. The molecular formula is C32H35ClO11. The van der Waals surface area contributed by atoms with E-state index in [9.17, 15) is 28.8 Å². The maximum absolute atomic E-state index is 12.5. The van der Waals surface area contributed by atoms with Gasteiger partial charge in [-0.05, 0) is 36.1 Å². The third-order valence-electron chi connectivity index (χ3n) is 7.10. The van der Waals surface area contributed by atoms with Gasteiger partial charge in [0.1, 0.15) is 12.7 Å². The molecule has 1 saturated carbocycles. The lowest BCUT2D eigenvalue weighted by Crippen LogP contribution is -2.62. The van der Waals surface area contributed by atoms with E-state index in [-0.39, 0.29) is 12.4 Å². The molecule has 1 unspecified atom stereocenters. The third kappa shape index (κ3) is 8.89. The lowest BCUT2D eigenvalue weighted by Gasteiger charge is -2.48. The van der Waals surface area contributed by atoms with E-state index in [2.05, 4.69) is 0 Å². The molecule has 12 heteroatoms. The summed E-state index contributed by atoms with van der Waals surface area (Å²) in [6, 6.07) is 12.1. The van der Waals surface area contributed by atoms with E-state index in [0.717, 1.165) is 26.3 Å². The summed E-state index contributed by atoms with van der Waals surface area (Å²) in [5.41, 5.74) is 2.56. The summed E-state index contributed by atoms with van der Waals surface area (Å²) < 4.78 is 28.0. The van der Waals surface area contributed by atoms with Crippen molar-refractivity contribution in [2.45, 2.75) is 78.3 Å². The van der Waals surface area contributed by atoms with Crippen molar-refractivity contribution >= 4 is 47.2 Å². The molecule has 2 aromatic rings. The highest BCUT2D eigenvalue weighted by Crippen LogP contribution is 2.44. The van der Waals surface area contributed by atoms with E-state index < -0.39 is 66.1 Å². The van der Waals surface area contributed by atoms with Gasteiger partial charge in [-0.25, -0.2) is 0 Å². The molecule has 236 valence electrons. The predicted octanol–water partition coefficient (Wildman–Crippen LogP) is 4.14. The number of ketones is 1. The summed E-state index contributed by atoms with van der Waals surface area (Å²) in [7, 11) is 0. The molecule has 3 rings (SSSR count). The first-order chi connectivity index (χ1) is 20.7. The van der Waals surface area contributed by atoms with Crippen molar-refractivity contribution in [2.75, 3.05) is 6.61 Å². The Morgan fingerprint density at radius 1 is 0.636 bits per heavy atom. The molecule has 0 radical (unpaired) electrons. The van der Waals surface area contributed by atoms with Gasteiger partial charge in [0.15, 0.2) is 24.1 Å². The van der Waals surface area contributed by atoms with Crippen LogP contribution in [0, 0.1) is 5.92 Å². The number of hydrogen-bond donors (Lipinski definition) is 0. The van der Waals surface area contributed by atoms with Crippen LogP contribution in [0.5, 0.6) is 0 Å². The Balaban J connectivity index is 2.22. The number of esters is 5. The molecule has 1 aliphatic carbocycles. The lowest BCUT2D eigenvalue weighted by atomic mass is 9.70. The number of rotatable bonds is 10. The molecule has 0 aliphatic heterocycles. The molecular weight excluding hydrogens is 596 g/mol. The topological polar surface area (TPSA) is 149 Å². The molecule has 0 spiro atoms. The lowest BCUT2D eigenvalue weighted by molar-refractivity contribution is -0.222. The van der Waals surface area contributed by atoms with Crippen LogP contribution in [0.15, 0.2) is 42.5 Å². The second-order valence-corrected chi connectivity index (χ2v) is 11.0. The molecule has 44 heavy (non-hydrogen) atoms. The summed E-state index contributed by atoms with van der Waals surface area (Å²) in [6.45, 7) is 6.89. The standard InChI is InChI=1S/C32H35ClO11/c1-16(34)23-9-7-22(8-10-23)13-25-14-24(11-12-27(25)33)28-29(41-18(3)36)26(15-40-17(2)35)30(42-19(4)37)32(44-21(6)39)31(28)43-20(5)38/h7-12,14,26,28-32H,13,15H2,1-6H3/t26-,28+,29-,30?,31-,32-/m0/s1. The number of halogens is 1. The zero-order valence-corrected chi connectivity index (χ0v) is 26.0. The van der Waals surface area contributed by atoms with Gasteiger partial charge in [0.25, 0.3) is 0 Å². The fraction of sp³-hybridized carbons (Fsp3) is 0.438. The first-order valence-electron chi connectivity index (χ1n) is 13.9. The second-order valence-electron chi connectivity index (χ2n) is 10.6. The molecule has 0 amide bonds. The Morgan fingerprint density at radius 2 is 1.16 bits per heavy atom. The monoisotopic (exact) mass is 630 g/mol. The Morgan fingerprint density at radius 3 is 1.68 bits per heavy atom. The number of benzene rings is 2. The first kappa shape index (κ1) is 34.2. The van der Waals surface area contributed by atoms with Gasteiger partial charge in [0.05, 0.1) is 11.8 Å². The minimum atomic E-state index is -1.36. The predicted molar refractivity (Wildman–Crippen MR) is 156 cm³/mol. The van der Waals surface area contributed by atoms with Crippen molar-refractivity contribution in [1.29, 1.82) is 0 Å². The van der Waals surface area contributed by atoms with Crippen LogP contribution < -0.4 is 0 Å². The van der Waals surface area contributed by atoms with Gasteiger partial charge in [-0.15, -0.1) is 0 Å². The molecule has 0 saturated heterocycles. The van der Waals surface area contributed by atoms with E-state index in [1.54, 1.807) is 42.5 Å². The third-order valence-corrected chi connectivity index (χ3v) is 7.47. The van der Waals surface area contributed by atoms with Crippen LogP contribution in [-0.4, -0.2) is 66.7 Å². The quantitative estimate of drug-likeness (QED) is 0.212.